The molecule has 1 aliphatic rings. The summed E-state index contributed by atoms with van der Waals surface area (Å²) in [7, 11) is 1.97. The zero-order valence-electron chi connectivity index (χ0n) is 11.2. The van der Waals surface area contributed by atoms with E-state index in [0.29, 0.717) is 6.54 Å². The number of nitrogens with one attached hydrogen (secondary N) is 1. The summed E-state index contributed by atoms with van der Waals surface area (Å²) in [5.41, 5.74) is 1.13. The highest BCUT2D eigenvalue weighted by Crippen LogP contribution is 2.02. The predicted octanol–water partition coefficient (Wildman–Crippen LogP) is 0.367. The average molecular weight is 285 g/mol. The van der Waals surface area contributed by atoms with Gasteiger partial charge in [0.2, 0.25) is 5.91 Å². The first-order valence-corrected chi connectivity index (χ1v) is 6.31. The van der Waals surface area contributed by atoms with Crippen molar-refractivity contribution in [3.05, 3.63) is 30.1 Å². The van der Waals surface area contributed by atoms with E-state index >= 15 is 0 Å². The smallest absolute Gasteiger partial charge is 0.236 e. The lowest BCUT2D eigenvalue weighted by atomic mass is 10.2. The molecular formula is C13H21ClN4O. The molecule has 106 valence electrons. The Labute approximate surface area is 120 Å². The first-order valence-electron chi connectivity index (χ1n) is 6.31. The van der Waals surface area contributed by atoms with E-state index in [1.807, 2.05) is 35.2 Å². The third-order valence-electron chi connectivity index (χ3n) is 3.05. The van der Waals surface area contributed by atoms with Crippen molar-refractivity contribution in [2.24, 2.45) is 0 Å². The van der Waals surface area contributed by atoms with Gasteiger partial charge < -0.3 is 10.2 Å². The number of carbonyl (C=O) groups excluding carboxylic acids is 1. The molecule has 0 aromatic carbocycles. The summed E-state index contributed by atoms with van der Waals surface area (Å²) in [6.07, 6.45) is 3.60. The second kappa shape index (κ2) is 8.09. The van der Waals surface area contributed by atoms with Gasteiger partial charge in [0.1, 0.15) is 0 Å². The lowest BCUT2D eigenvalue weighted by Crippen LogP contribution is -2.49. The number of aromatic nitrogens is 1. The van der Waals surface area contributed by atoms with Crippen molar-refractivity contribution in [3.63, 3.8) is 0 Å². The van der Waals surface area contributed by atoms with Gasteiger partial charge in [-0.25, -0.2) is 0 Å². The molecule has 1 amide bonds. The van der Waals surface area contributed by atoms with Crippen LogP contribution in [-0.2, 0) is 11.3 Å². The molecule has 0 atom stereocenters. The summed E-state index contributed by atoms with van der Waals surface area (Å²) < 4.78 is 0. The van der Waals surface area contributed by atoms with Crippen LogP contribution in [0.25, 0.3) is 0 Å². The predicted molar refractivity (Wildman–Crippen MR) is 77.3 cm³/mol. The number of rotatable bonds is 4. The molecule has 2 rings (SSSR count). The molecule has 1 aliphatic heterocycles. The maximum absolute atomic E-state index is 12.0. The standard InChI is InChI=1S/C13H20N4O.ClH/c1-16(10-12-3-2-4-15-9-12)11-13(18)17-7-5-14-6-8-17;/h2-4,9,14H,5-8,10-11H2,1H3;1H. The molecule has 1 fully saturated rings. The zero-order chi connectivity index (χ0) is 12.8. The molecule has 1 saturated heterocycles. The number of hydrogen-bond acceptors (Lipinski definition) is 4. The molecule has 6 heteroatoms. The summed E-state index contributed by atoms with van der Waals surface area (Å²) in [4.78, 5) is 20.1. The highest BCUT2D eigenvalue weighted by Gasteiger charge is 2.17. The number of amides is 1. The van der Waals surface area contributed by atoms with E-state index in [9.17, 15) is 4.79 Å². The van der Waals surface area contributed by atoms with Gasteiger partial charge in [-0.3, -0.25) is 14.7 Å². The maximum atomic E-state index is 12.0. The summed E-state index contributed by atoms with van der Waals surface area (Å²) in [5, 5.41) is 3.25. The number of halogens is 1. The minimum Gasteiger partial charge on any atom is -0.339 e. The molecule has 1 N–H and O–H groups in total. The average Bonchev–Trinajstić information content (AvgIpc) is 2.40. The second-order valence-corrected chi connectivity index (χ2v) is 4.66. The Kier molecular flexibility index (Phi) is 6.77. The Morgan fingerprint density at radius 3 is 2.84 bits per heavy atom. The van der Waals surface area contributed by atoms with Crippen molar-refractivity contribution in [3.8, 4) is 0 Å². The van der Waals surface area contributed by atoms with E-state index in [1.165, 1.54) is 0 Å². The fourth-order valence-electron chi connectivity index (χ4n) is 2.10. The van der Waals surface area contributed by atoms with Gasteiger partial charge in [0.15, 0.2) is 0 Å². The Morgan fingerprint density at radius 1 is 1.47 bits per heavy atom. The Balaban J connectivity index is 0.00000180. The van der Waals surface area contributed by atoms with Crippen LogP contribution in [0.5, 0.6) is 0 Å². The number of pyridine rings is 1. The van der Waals surface area contributed by atoms with Crippen molar-refractivity contribution in [2.45, 2.75) is 6.54 Å². The molecule has 0 aliphatic carbocycles. The highest BCUT2D eigenvalue weighted by molar-refractivity contribution is 5.85. The van der Waals surface area contributed by atoms with E-state index in [4.69, 9.17) is 0 Å². The quantitative estimate of drug-likeness (QED) is 0.868. The van der Waals surface area contributed by atoms with Crippen LogP contribution in [0.15, 0.2) is 24.5 Å². The van der Waals surface area contributed by atoms with E-state index in [0.717, 1.165) is 38.3 Å². The van der Waals surface area contributed by atoms with Crippen LogP contribution in [0.2, 0.25) is 0 Å². The van der Waals surface area contributed by atoms with Crippen molar-refractivity contribution >= 4 is 18.3 Å². The number of carbonyl (C=O) groups is 1. The van der Waals surface area contributed by atoms with Crippen LogP contribution in [0.1, 0.15) is 5.56 Å². The lowest BCUT2D eigenvalue weighted by molar-refractivity contribution is -0.132. The third kappa shape index (κ3) is 5.14. The fourth-order valence-corrected chi connectivity index (χ4v) is 2.10. The first kappa shape index (κ1) is 15.9. The monoisotopic (exact) mass is 284 g/mol. The number of hydrogen-bond donors (Lipinski definition) is 1. The molecule has 0 bridgehead atoms. The molecule has 2 heterocycles. The van der Waals surface area contributed by atoms with E-state index in [1.54, 1.807) is 6.20 Å². The van der Waals surface area contributed by atoms with Gasteiger partial charge in [0.25, 0.3) is 0 Å². The van der Waals surface area contributed by atoms with Gasteiger partial charge in [-0.1, -0.05) is 6.07 Å². The molecule has 19 heavy (non-hydrogen) atoms. The van der Waals surface area contributed by atoms with Crippen LogP contribution in [-0.4, -0.2) is 60.5 Å². The highest BCUT2D eigenvalue weighted by atomic mass is 35.5. The molecular weight excluding hydrogens is 264 g/mol. The molecule has 1 aromatic heterocycles. The van der Waals surface area contributed by atoms with Gasteiger partial charge >= 0.3 is 0 Å². The van der Waals surface area contributed by atoms with Gasteiger partial charge in [-0.15, -0.1) is 12.4 Å². The Bertz CT molecular complexity index is 381. The third-order valence-corrected chi connectivity index (χ3v) is 3.05. The van der Waals surface area contributed by atoms with Crippen LogP contribution < -0.4 is 5.32 Å². The minimum absolute atomic E-state index is 0. The van der Waals surface area contributed by atoms with Gasteiger partial charge in [0, 0.05) is 45.1 Å². The first-order chi connectivity index (χ1) is 8.75. The summed E-state index contributed by atoms with van der Waals surface area (Å²) >= 11 is 0. The van der Waals surface area contributed by atoms with Crippen LogP contribution in [0.4, 0.5) is 0 Å². The van der Waals surface area contributed by atoms with Gasteiger partial charge in [-0.2, -0.15) is 0 Å². The molecule has 1 aromatic rings. The van der Waals surface area contributed by atoms with Crippen molar-refractivity contribution in [2.75, 3.05) is 39.8 Å². The van der Waals surface area contributed by atoms with E-state index < -0.39 is 0 Å². The van der Waals surface area contributed by atoms with Crippen molar-refractivity contribution < 1.29 is 4.79 Å². The lowest BCUT2D eigenvalue weighted by Gasteiger charge is -2.29. The van der Waals surface area contributed by atoms with Crippen molar-refractivity contribution in [1.29, 1.82) is 0 Å². The van der Waals surface area contributed by atoms with Crippen LogP contribution in [0, 0.1) is 0 Å². The molecule has 0 radical (unpaired) electrons. The van der Waals surface area contributed by atoms with Gasteiger partial charge in [-0.05, 0) is 18.7 Å². The Morgan fingerprint density at radius 2 is 2.21 bits per heavy atom. The van der Waals surface area contributed by atoms with Gasteiger partial charge in [0.05, 0.1) is 6.54 Å². The maximum Gasteiger partial charge on any atom is 0.236 e. The summed E-state index contributed by atoms with van der Waals surface area (Å²) in [5.74, 6) is 0.211. The summed E-state index contributed by atoms with van der Waals surface area (Å²) in [6, 6.07) is 3.94. The zero-order valence-corrected chi connectivity index (χ0v) is 12.0. The Hall–Kier alpha value is -1.17. The molecule has 0 saturated carbocycles. The minimum atomic E-state index is 0. The largest absolute Gasteiger partial charge is 0.339 e. The number of likely N-dealkylation sites (N-methyl/N-ethyl adjacent to an activating group) is 1. The SMILES string of the molecule is CN(CC(=O)N1CCNCC1)Cc1cccnc1.Cl. The normalized spacial score (nSPS) is 15.2. The number of piperazine rings is 1. The summed E-state index contributed by atoms with van der Waals surface area (Å²) in [6.45, 7) is 4.66. The molecule has 5 nitrogen and oxygen atoms in total. The number of nitrogens with zero attached hydrogens (tertiary/aromatic N) is 3. The fraction of sp³-hybridized carbons (Fsp3) is 0.538. The van der Waals surface area contributed by atoms with E-state index in [2.05, 4.69) is 10.3 Å². The van der Waals surface area contributed by atoms with E-state index in [-0.39, 0.29) is 18.3 Å². The van der Waals surface area contributed by atoms with Crippen LogP contribution in [0.3, 0.4) is 0 Å². The van der Waals surface area contributed by atoms with Crippen LogP contribution >= 0.6 is 12.4 Å². The second-order valence-electron chi connectivity index (χ2n) is 4.66. The molecule has 0 unspecified atom stereocenters. The van der Waals surface area contributed by atoms with Crippen molar-refractivity contribution in [1.82, 2.24) is 20.1 Å². The topological polar surface area (TPSA) is 48.5 Å². The molecule has 0 spiro atoms.